The van der Waals surface area contributed by atoms with Gasteiger partial charge in [-0.1, -0.05) is 103 Å². The molecule has 0 unspecified atom stereocenters. The molecule has 2 heterocycles. The molecule has 0 aliphatic carbocycles. The Balaban J connectivity index is 0.00000228. The van der Waals surface area contributed by atoms with Crippen LogP contribution in [0.1, 0.15) is 0 Å². The highest BCUT2D eigenvalue weighted by atomic mass is 16.3. The third-order valence-corrected chi connectivity index (χ3v) is 11.3. The number of aromatic hydroxyl groups is 2. The van der Waals surface area contributed by atoms with Crippen LogP contribution in [0.25, 0.3) is 88.4 Å². The highest BCUT2D eigenvalue weighted by Crippen LogP contribution is 2.40. The lowest BCUT2D eigenvalue weighted by Crippen LogP contribution is -2.44. The molecule has 0 atom stereocenters. The van der Waals surface area contributed by atoms with Crippen molar-refractivity contribution in [3.05, 3.63) is 146 Å². The molecular weight excluding hydrogens is 724 g/mol. The second-order valence-corrected chi connectivity index (χ2v) is 14.6. The minimum absolute atomic E-state index is 0.0282. The van der Waals surface area contributed by atoms with Crippen LogP contribution in [0, 0.1) is 0 Å². The summed E-state index contributed by atoms with van der Waals surface area (Å²) in [5, 5.41) is 25.8. The van der Waals surface area contributed by atoms with Crippen molar-refractivity contribution in [3.63, 3.8) is 0 Å². The number of phenolic OH excluding ortho intramolecular Hbond substituents is 2. The van der Waals surface area contributed by atoms with Gasteiger partial charge in [0.15, 0.2) is 0 Å². The molecule has 0 saturated heterocycles. The van der Waals surface area contributed by atoms with Crippen molar-refractivity contribution in [1.29, 1.82) is 0 Å². The number of hydrogen-bond acceptors (Lipinski definition) is 2. The maximum absolute atomic E-state index is 10.7. The van der Waals surface area contributed by atoms with Gasteiger partial charge >= 0.3 is 0 Å². The largest absolute Gasteiger partial charge is 0.509 e. The Morgan fingerprint density at radius 1 is 0.400 bits per heavy atom. The normalized spacial score (nSPS) is 11.3. The van der Waals surface area contributed by atoms with Crippen molar-refractivity contribution in [3.8, 4) is 56.3 Å². The molecule has 60 heavy (non-hydrogen) atoms. The average Bonchev–Trinajstić information content (AvgIpc) is 3.79. The molecule has 14 radical (unpaired) electrons. The van der Waals surface area contributed by atoms with Crippen molar-refractivity contribution >= 4 is 131 Å². The van der Waals surface area contributed by atoms with Crippen molar-refractivity contribution in [2.45, 2.75) is 6.82 Å². The SMILES string of the molecule is [B]C.[B]c1cc([B])c(-c2ccc(-c3cc(O)c([B])c(O)c3[B])cc2-n2c3ccccc3c3cc(-c4ccc5c(c4)c4ccccc4n5-c4ccccc4)ccc32)c([B])c1[B]. The van der Waals surface area contributed by atoms with Gasteiger partial charge in [-0.25, -0.2) is 0 Å². The third-order valence-electron chi connectivity index (χ3n) is 11.3. The monoisotopic (exact) mass is 754 g/mol. The maximum Gasteiger partial charge on any atom is 0.124 e. The Hall–Kier alpha value is -6.59. The molecule has 0 spiro atoms. The van der Waals surface area contributed by atoms with E-state index in [0.29, 0.717) is 33.4 Å². The van der Waals surface area contributed by atoms with E-state index in [2.05, 4.69) is 114 Å². The summed E-state index contributed by atoms with van der Waals surface area (Å²) in [5.41, 5.74) is 11.2. The molecule has 10 aromatic rings. The standard InChI is InChI=1S/C48H26B6N2O2.CH3B/c49-35-24-36(50)45(52)47(54)43(35)31-17-14-27(32-23-42(57)46(53)48(58)44(32)51)22-41(31)56-38-13-7-5-11-30(38)34-21-26(16-19-40(34)56)25-15-18-39-33(20-25)29-10-4-6-12-37(29)55(39)28-8-2-1-3-9-28;1-2/h1-24,57-58H;1H3. The lowest BCUT2D eigenvalue weighted by molar-refractivity contribution is 0.461. The Labute approximate surface area is 357 Å². The number of aromatic nitrogens is 2. The van der Waals surface area contributed by atoms with E-state index in [0.717, 1.165) is 55.0 Å². The summed E-state index contributed by atoms with van der Waals surface area (Å²) in [6.45, 7) is 1.50. The smallest absolute Gasteiger partial charge is 0.124 e. The number of rotatable bonds is 5. The van der Waals surface area contributed by atoms with Gasteiger partial charge in [-0.05, 0) is 99.4 Å². The first-order valence-electron chi connectivity index (χ1n) is 19.3. The summed E-state index contributed by atoms with van der Waals surface area (Å²) >= 11 is 0. The van der Waals surface area contributed by atoms with Crippen LogP contribution in [0.4, 0.5) is 0 Å². The Morgan fingerprint density at radius 3 is 1.57 bits per heavy atom. The molecule has 0 amide bonds. The zero-order valence-electron chi connectivity index (χ0n) is 32.7. The second-order valence-electron chi connectivity index (χ2n) is 14.6. The van der Waals surface area contributed by atoms with Crippen LogP contribution in [-0.2, 0) is 0 Å². The van der Waals surface area contributed by atoms with Crippen molar-refractivity contribution in [1.82, 2.24) is 9.13 Å². The number of nitrogens with zero attached hydrogens (tertiary/aromatic N) is 2. The van der Waals surface area contributed by atoms with E-state index < -0.39 is 5.75 Å². The summed E-state index contributed by atoms with van der Waals surface area (Å²) in [7, 11) is 42.8. The van der Waals surface area contributed by atoms with Gasteiger partial charge in [0, 0.05) is 32.8 Å². The lowest BCUT2D eigenvalue weighted by Gasteiger charge is -2.22. The van der Waals surface area contributed by atoms with E-state index in [1.165, 1.54) is 18.3 Å². The van der Waals surface area contributed by atoms with Gasteiger partial charge in [0.25, 0.3) is 0 Å². The van der Waals surface area contributed by atoms with Crippen LogP contribution in [0.15, 0.2) is 146 Å². The van der Waals surface area contributed by atoms with Crippen molar-refractivity contribution in [2.75, 3.05) is 0 Å². The minimum atomic E-state index is -0.396. The predicted molar refractivity (Wildman–Crippen MR) is 259 cm³/mol. The number of fused-ring (bicyclic) bond motifs is 6. The topological polar surface area (TPSA) is 50.3 Å². The summed E-state index contributed by atoms with van der Waals surface area (Å²) in [6.07, 6.45) is 0. The maximum atomic E-state index is 10.7. The first-order valence-corrected chi connectivity index (χ1v) is 19.3. The lowest BCUT2D eigenvalue weighted by atomic mass is 9.65. The molecule has 0 fully saturated rings. The molecule has 2 N–H and O–H groups in total. The van der Waals surface area contributed by atoms with Gasteiger partial charge < -0.3 is 19.3 Å². The summed E-state index contributed by atoms with van der Waals surface area (Å²) in [6, 6.07) is 49.0. The zero-order valence-corrected chi connectivity index (χ0v) is 32.7. The van der Waals surface area contributed by atoms with Gasteiger partial charge in [-0.3, -0.25) is 0 Å². The highest BCUT2D eigenvalue weighted by molar-refractivity contribution is 6.61. The van der Waals surface area contributed by atoms with E-state index in [1.54, 1.807) is 6.07 Å². The zero-order chi connectivity index (χ0) is 42.0. The molecule has 268 valence electrons. The van der Waals surface area contributed by atoms with E-state index in [9.17, 15) is 10.2 Å². The van der Waals surface area contributed by atoms with Gasteiger partial charge in [0.2, 0.25) is 0 Å². The van der Waals surface area contributed by atoms with Crippen LogP contribution < -0.4 is 32.8 Å². The quantitative estimate of drug-likeness (QED) is 0.236. The third kappa shape index (κ3) is 6.10. The Bertz CT molecular complexity index is 3340. The number of phenols is 2. The summed E-state index contributed by atoms with van der Waals surface area (Å²) < 4.78 is 4.47. The molecule has 0 aliphatic rings. The van der Waals surface area contributed by atoms with Crippen molar-refractivity contribution in [2.24, 2.45) is 0 Å². The Kier molecular flexibility index (Phi) is 9.87. The van der Waals surface area contributed by atoms with Crippen LogP contribution in [0.5, 0.6) is 11.5 Å². The fraction of sp³-hybridized carbons (Fsp3) is 0.0204. The molecule has 8 aromatic carbocycles. The molecule has 10 rings (SSSR count). The first kappa shape index (κ1) is 38.9. The minimum Gasteiger partial charge on any atom is -0.509 e. The molecule has 2 aromatic heterocycles. The molecular formula is C49H29B7N2O2. The van der Waals surface area contributed by atoms with E-state index in [-0.39, 0.29) is 33.1 Å². The van der Waals surface area contributed by atoms with Gasteiger partial charge in [-0.2, -0.15) is 0 Å². The van der Waals surface area contributed by atoms with Gasteiger partial charge in [0.05, 0.1) is 35.6 Å². The molecule has 0 bridgehead atoms. The first-order chi connectivity index (χ1) is 29.1. The van der Waals surface area contributed by atoms with Crippen LogP contribution in [0.2, 0.25) is 6.82 Å². The van der Waals surface area contributed by atoms with Gasteiger partial charge in [0.1, 0.15) is 58.6 Å². The summed E-state index contributed by atoms with van der Waals surface area (Å²) in [5.74, 6) is -0.688. The van der Waals surface area contributed by atoms with E-state index in [1.807, 2.05) is 36.4 Å². The summed E-state index contributed by atoms with van der Waals surface area (Å²) in [4.78, 5) is 0. The number of para-hydroxylation sites is 3. The van der Waals surface area contributed by atoms with Crippen molar-refractivity contribution < 1.29 is 10.2 Å². The molecule has 0 saturated carbocycles. The van der Waals surface area contributed by atoms with Crippen LogP contribution >= 0.6 is 0 Å². The molecule has 4 nitrogen and oxygen atoms in total. The average molecular weight is 753 g/mol. The Morgan fingerprint density at radius 2 is 0.933 bits per heavy atom. The predicted octanol–water partition coefficient (Wildman–Crippen LogP) is 5.26. The highest BCUT2D eigenvalue weighted by Gasteiger charge is 2.22. The fourth-order valence-corrected chi connectivity index (χ4v) is 8.50. The van der Waals surface area contributed by atoms with E-state index in [4.69, 9.17) is 47.1 Å². The van der Waals surface area contributed by atoms with Gasteiger partial charge in [-0.15, -0.1) is 10.9 Å². The van der Waals surface area contributed by atoms with Crippen LogP contribution in [-0.4, -0.2) is 74.3 Å². The van der Waals surface area contributed by atoms with E-state index >= 15 is 0 Å². The number of benzene rings is 8. The molecule has 11 heteroatoms. The number of hydrogen-bond donors (Lipinski definition) is 2. The van der Waals surface area contributed by atoms with Crippen LogP contribution in [0.3, 0.4) is 0 Å². The molecule has 0 aliphatic heterocycles. The fourth-order valence-electron chi connectivity index (χ4n) is 8.50. The second kappa shape index (κ2) is 15.2.